The molecule has 0 spiro atoms. The Morgan fingerprint density at radius 3 is 2.58 bits per heavy atom. The summed E-state index contributed by atoms with van der Waals surface area (Å²) in [4.78, 5) is 11.8. The van der Waals surface area contributed by atoms with E-state index in [2.05, 4.69) is 10.6 Å². The van der Waals surface area contributed by atoms with E-state index in [1.54, 1.807) is 7.11 Å². The van der Waals surface area contributed by atoms with Crippen LogP contribution in [-0.2, 0) is 17.4 Å². The number of hydrogen-bond acceptors (Lipinski definition) is 3. The Balaban J connectivity index is 1.74. The van der Waals surface area contributed by atoms with E-state index in [4.69, 9.17) is 4.74 Å². The molecule has 2 rings (SSSR count). The number of carbonyl (C=O) groups excluding carboxylic acids is 1. The zero-order valence-corrected chi connectivity index (χ0v) is 14.4. The van der Waals surface area contributed by atoms with Crippen molar-refractivity contribution < 1.29 is 22.7 Å². The minimum absolute atomic E-state index is 0.0239. The largest absolute Gasteiger partial charge is 0.497 e. The molecule has 0 saturated heterocycles. The van der Waals surface area contributed by atoms with Gasteiger partial charge in [-0.05, 0) is 36.2 Å². The maximum Gasteiger partial charge on any atom is 0.418 e. The van der Waals surface area contributed by atoms with E-state index < -0.39 is 11.7 Å². The molecule has 0 fully saturated rings. The molecule has 2 N–H and O–H groups in total. The summed E-state index contributed by atoms with van der Waals surface area (Å²) in [5, 5.41) is 5.43. The second kappa shape index (κ2) is 9.12. The van der Waals surface area contributed by atoms with Crippen molar-refractivity contribution in [1.82, 2.24) is 5.32 Å². The number of amides is 1. The van der Waals surface area contributed by atoms with Gasteiger partial charge in [-0.1, -0.05) is 24.3 Å². The molecule has 0 aliphatic rings. The van der Waals surface area contributed by atoms with Crippen LogP contribution in [0.15, 0.2) is 48.5 Å². The van der Waals surface area contributed by atoms with E-state index in [1.807, 2.05) is 24.3 Å². The first kappa shape index (κ1) is 19.6. The Morgan fingerprint density at radius 2 is 1.85 bits per heavy atom. The highest BCUT2D eigenvalue weighted by Gasteiger charge is 2.32. The summed E-state index contributed by atoms with van der Waals surface area (Å²) in [5.41, 5.74) is 0.268. The van der Waals surface area contributed by atoms with Crippen LogP contribution in [-0.4, -0.2) is 26.1 Å². The van der Waals surface area contributed by atoms with Gasteiger partial charge < -0.3 is 15.4 Å². The third-order valence-electron chi connectivity index (χ3n) is 3.77. The summed E-state index contributed by atoms with van der Waals surface area (Å²) in [7, 11) is 1.59. The van der Waals surface area contributed by atoms with Crippen LogP contribution in [0.5, 0.6) is 5.75 Å². The summed E-state index contributed by atoms with van der Waals surface area (Å²) >= 11 is 0. The fourth-order valence-corrected chi connectivity index (χ4v) is 2.46. The number of methoxy groups -OCH3 is 1. The monoisotopic (exact) mass is 366 g/mol. The van der Waals surface area contributed by atoms with Crippen molar-refractivity contribution in [3.8, 4) is 5.75 Å². The molecule has 0 bridgehead atoms. The van der Waals surface area contributed by atoms with Gasteiger partial charge in [-0.25, -0.2) is 0 Å². The van der Waals surface area contributed by atoms with E-state index >= 15 is 0 Å². The summed E-state index contributed by atoms with van der Waals surface area (Å²) < 4.78 is 43.8. The minimum Gasteiger partial charge on any atom is -0.497 e. The van der Waals surface area contributed by atoms with Crippen LogP contribution in [0.4, 0.5) is 18.9 Å². The lowest BCUT2D eigenvalue weighted by molar-refractivity contribution is -0.137. The molecule has 26 heavy (non-hydrogen) atoms. The molecule has 0 saturated carbocycles. The second-order valence-corrected chi connectivity index (χ2v) is 5.67. The van der Waals surface area contributed by atoms with Crippen molar-refractivity contribution in [2.75, 3.05) is 25.5 Å². The summed E-state index contributed by atoms with van der Waals surface area (Å²) in [6.45, 7) is 0.573. The summed E-state index contributed by atoms with van der Waals surface area (Å²) in [6.07, 6.45) is -3.69. The number of halogens is 3. The lowest BCUT2D eigenvalue weighted by atomic mass is 10.1. The Bertz CT molecular complexity index is 733. The molecule has 4 nitrogen and oxygen atoms in total. The Morgan fingerprint density at radius 1 is 1.08 bits per heavy atom. The minimum atomic E-state index is -4.43. The maximum atomic E-state index is 12.9. The van der Waals surface area contributed by atoms with Crippen LogP contribution in [0.25, 0.3) is 0 Å². The van der Waals surface area contributed by atoms with Crippen LogP contribution < -0.4 is 15.4 Å². The third kappa shape index (κ3) is 5.98. The predicted molar refractivity (Wildman–Crippen MR) is 94.3 cm³/mol. The van der Waals surface area contributed by atoms with Gasteiger partial charge in [0.1, 0.15) is 5.75 Å². The first-order chi connectivity index (χ1) is 12.4. The number of alkyl halides is 3. The Kier molecular flexibility index (Phi) is 6.89. The van der Waals surface area contributed by atoms with Crippen LogP contribution in [0.2, 0.25) is 0 Å². The fourth-order valence-electron chi connectivity index (χ4n) is 2.46. The average molecular weight is 366 g/mol. The molecule has 0 aliphatic carbocycles. The van der Waals surface area contributed by atoms with Gasteiger partial charge in [-0.15, -0.1) is 0 Å². The third-order valence-corrected chi connectivity index (χ3v) is 3.77. The van der Waals surface area contributed by atoms with Crippen LogP contribution >= 0.6 is 0 Å². The molecule has 0 unspecified atom stereocenters. The number of ether oxygens (including phenoxy) is 1. The number of hydrogen-bond donors (Lipinski definition) is 2. The van der Waals surface area contributed by atoms with Crippen molar-refractivity contribution in [2.45, 2.75) is 19.0 Å². The molecule has 2 aromatic rings. The Labute approximate surface area is 150 Å². The predicted octanol–water partition coefficient (Wildman–Crippen LogP) is 3.87. The van der Waals surface area contributed by atoms with Gasteiger partial charge in [-0.3, -0.25) is 4.79 Å². The standard InChI is InChI=1S/C19H21F3N2O2/c1-26-15-6-4-5-14(13-15)9-11-24-18(25)10-12-23-17-8-3-2-7-16(17)19(20,21)22/h2-8,13,23H,9-12H2,1H3,(H,24,25). The number of rotatable bonds is 8. The molecule has 0 atom stereocenters. The van der Waals surface area contributed by atoms with Gasteiger partial charge in [0, 0.05) is 25.2 Å². The zero-order chi connectivity index (χ0) is 19.0. The average Bonchev–Trinajstić information content (AvgIpc) is 2.61. The molecule has 0 aliphatic heterocycles. The highest BCUT2D eigenvalue weighted by atomic mass is 19.4. The molecular weight excluding hydrogens is 345 g/mol. The first-order valence-electron chi connectivity index (χ1n) is 8.20. The lowest BCUT2D eigenvalue weighted by Crippen LogP contribution is -2.27. The smallest absolute Gasteiger partial charge is 0.418 e. The number of carbonyl (C=O) groups is 1. The fraction of sp³-hybridized carbons (Fsp3) is 0.316. The van der Waals surface area contributed by atoms with Gasteiger partial charge >= 0.3 is 6.18 Å². The van der Waals surface area contributed by atoms with Crippen molar-refractivity contribution in [3.05, 3.63) is 59.7 Å². The van der Waals surface area contributed by atoms with Crippen molar-refractivity contribution in [1.29, 1.82) is 0 Å². The van der Waals surface area contributed by atoms with Gasteiger partial charge in [0.05, 0.1) is 12.7 Å². The number of para-hydroxylation sites is 1. The lowest BCUT2D eigenvalue weighted by Gasteiger charge is -2.14. The van der Waals surface area contributed by atoms with Gasteiger partial charge in [0.15, 0.2) is 0 Å². The van der Waals surface area contributed by atoms with Gasteiger partial charge in [0.25, 0.3) is 0 Å². The first-order valence-corrected chi connectivity index (χ1v) is 8.20. The second-order valence-electron chi connectivity index (χ2n) is 5.67. The van der Waals surface area contributed by atoms with Crippen molar-refractivity contribution in [3.63, 3.8) is 0 Å². The summed E-state index contributed by atoms with van der Waals surface area (Å²) in [5.74, 6) is 0.534. The number of benzene rings is 2. The van der Waals surface area contributed by atoms with Crippen LogP contribution in [0.3, 0.4) is 0 Å². The number of nitrogens with one attached hydrogen (secondary N) is 2. The van der Waals surface area contributed by atoms with E-state index in [1.165, 1.54) is 18.2 Å². The normalized spacial score (nSPS) is 11.1. The molecule has 0 radical (unpaired) electrons. The highest BCUT2D eigenvalue weighted by molar-refractivity contribution is 5.76. The summed E-state index contributed by atoms with van der Waals surface area (Å²) in [6, 6.07) is 12.8. The van der Waals surface area contributed by atoms with E-state index in [9.17, 15) is 18.0 Å². The van der Waals surface area contributed by atoms with E-state index in [0.29, 0.717) is 13.0 Å². The van der Waals surface area contributed by atoms with E-state index in [0.717, 1.165) is 17.4 Å². The van der Waals surface area contributed by atoms with Crippen LogP contribution in [0.1, 0.15) is 17.5 Å². The van der Waals surface area contributed by atoms with Crippen LogP contribution in [0, 0.1) is 0 Å². The van der Waals surface area contributed by atoms with E-state index in [-0.39, 0.29) is 24.6 Å². The van der Waals surface area contributed by atoms with Crippen molar-refractivity contribution >= 4 is 11.6 Å². The molecular formula is C19H21F3N2O2. The maximum absolute atomic E-state index is 12.9. The molecule has 0 aromatic heterocycles. The molecule has 7 heteroatoms. The molecule has 0 heterocycles. The highest BCUT2D eigenvalue weighted by Crippen LogP contribution is 2.34. The van der Waals surface area contributed by atoms with Crippen molar-refractivity contribution in [2.24, 2.45) is 0 Å². The van der Waals surface area contributed by atoms with Gasteiger partial charge in [0.2, 0.25) is 5.91 Å². The Hall–Kier alpha value is -2.70. The molecule has 2 aromatic carbocycles. The molecule has 1 amide bonds. The topological polar surface area (TPSA) is 50.4 Å². The quantitative estimate of drug-likeness (QED) is 0.746. The zero-order valence-electron chi connectivity index (χ0n) is 14.4. The number of anilines is 1. The molecule has 140 valence electrons. The van der Waals surface area contributed by atoms with Gasteiger partial charge in [-0.2, -0.15) is 13.2 Å². The SMILES string of the molecule is COc1cccc(CCNC(=O)CCNc2ccccc2C(F)(F)F)c1.